The van der Waals surface area contributed by atoms with Crippen LogP contribution in [0.1, 0.15) is 29.8 Å². The monoisotopic (exact) mass is 530 g/mol. The Morgan fingerprint density at radius 2 is 1.79 bits per heavy atom. The van der Waals surface area contributed by atoms with Crippen LogP contribution in [0.25, 0.3) is 22.2 Å². The molecule has 4 aromatic rings. The van der Waals surface area contributed by atoms with Gasteiger partial charge in [0, 0.05) is 36.5 Å². The number of nitrogens with one attached hydrogen (secondary N) is 1. The number of carbonyl (C=O) groups excluding carboxylic acids is 1. The summed E-state index contributed by atoms with van der Waals surface area (Å²) in [5, 5.41) is 0.692. The number of piperidine rings is 1. The summed E-state index contributed by atoms with van der Waals surface area (Å²) in [5.41, 5.74) is 6.30. The summed E-state index contributed by atoms with van der Waals surface area (Å²) in [6, 6.07) is 18.1. The number of aryl methyl sites for hydroxylation is 2. The van der Waals surface area contributed by atoms with Gasteiger partial charge < -0.3 is 24.3 Å². The van der Waals surface area contributed by atoms with Crippen molar-refractivity contribution in [3.05, 3.63) is 76.6 Å². The van der Waals surface area contributed by atoms with Crippen LogP contribution >= 0.6 is 11.6 Å². The molecule has 0 spiro atoms. The van der Waals surface area contributed by atoms with Crippen LogP contribution < -0.4 is 9.47 Å². The Morgan fingerprint density at radius 1 is 1.00 bits per heavy atom. The highest BCUT2D eigenvalue weighted by molar-refractivity contribution is 6.30. The van der Waals surface area contributed by atoms with E-state index >= 15 is 0 Å². The molecular weight excluding hydrogens is 500 g/mol. The van der Waals surface area contributed by atoms with E-state index in [1.54, 1.807) is 0 Å². The first-order chi connectivity index (χ1) is 18.4. The van der Waals surface area contributed by atoms with Crippen LogP contribution in [-0.2, 0) is 6.54 Å². The molecule has 0 unspecified atom stereocenters. The topological polar surface area (TPSA) is 70.7 Å². The van der Waals surface area contributed by atoms with Crippen molar-refractivity contribution in [1.82, 2.24) is 19.8 Å². The van der Waals surface area contributed by atoms with Crippen molar-refractivity contribution in [2.24, 2.45) is 0 Å². The lowest BCUT2D eigenvalue weighted by Crippen LogP contribution is -2.48. The van der Waals surface area contributed by atoms with E-state index in [1.165, 1.54) is 0 Å². The van der Waals surface area contributed by atoms with E-state index in [4.69, 9.17) is 21.1 Å². The number of carbonyl (C=O) groups is 1. The number of benzene rings is 3. The van der Waals surface area contributed by atoms with Crippen LogP contribution in [0.4, 0.5) is 4.79 Å². The maximum absolute atomic E-state index is 13.5. The maximum atomic E-state index is 13.5. The van der Waals surface area contributed by atoms with E-state index in [9.17, 15) is 4.79 Å². The number of nitrogens with zero attached hydrogens (tertiary/aromatic N) is 3. The van der Waals surface area contributed by atoms with Crippen molar-refractivity contribution in [3.63, 3.8) is 0 Å². The molecule has 0 bridgehead atoms. The fraction of sp³-hybridized carbons (Fsp3) is 0.333. The molecule has 2 aliphatic rings. The van der Waals surface area contributed by atoms with E-state index < -0.39 is 0 Å². The number of amides is 2. The van der Waals surface area contributed by atoms with E-state index in [0.29, 0.717) is 37.8 Å². The van der Waals surface area contributed by atoms with Crippen molar-refractivity contribution >= 4 is 28.7 Å². The standard InChI is InChI=1S/C30H31ClN4O3/c1-19-15-22(21-3-8-27-28(17-21)33-20(2)32-27)16-23-18-35(13-14-37-29(19)23)30(36)34-11-9-26(10-12-34)38-25-6-4-24(31)5-7-25/h3-8,15-17,26H,9-14,18H2,1-2H3,(H,32,33). The Bertz CT molecular complexity index is 1480. The molecule has 7 nitrogen and oxygen atoms in total. The maximum Gasteiger partial charge on any atom is 0.320 e. The number of halogens is 1. The highest BCUT2D eigenvalue weighted by atomic mass is 35.5. The molecule has 0 radical (unpaired) electrons. The Hall–Kier alpha value is -3.71. The van der Waals surface area contributed by atoms with Gasteiger partial charge in [-0.1, -0.05) is 17.7 Å². The first kappa shape index (κ1) is 24.6. The highest BCUT2D eigenvalue weighted by Crippen LogP contribution is 2.34. The van der Waals surface area contributed by atoms with Crippen molar-refractivity contribution in [2.45, 2.75) is 39.3 Å². The van der Waals surface area contributed by atoms with Crippen molar-refractivity contribution in [3.8, 4) is 22.6 Å². The van der Waals surface area contributed by atoms with Crippen LogP contribution in [0.5, 0.6) is 11.5 Å². The molecule has 2 amide bonds. The summed E-state index contributed by atoms with van der Waals surface area (Å²) in [7, 11) is 0. The third-order valence-corrected chi connectivity index (χ3v) is 7.61. The molecule has 1 saturated heterocycles. The summed E-state index contributed by atoms with van der Waals surface area (Å²) in [6.07, 6.45) is 1.69. The van der Waals surface area contributed by atoms with Gasteiger partial charge in [-0.3, -0.25) is 0 Å². The molecule has 2 aliphatic heterocycles. The molecular formula is C30H31ClN4O3. The van der Waals surface area contributed by atoms with Crippen molar-refractivity contribution in [2.75, 3.05) is 26.2 Å². The van der Waals surface area contributed by atoms with E-state index in [0.717, 1.165) is 63.5 Å². The SMILES string of the molecule is Cc1nc2ccc(-c3cc(C)c4c(c3)CN(C(=O)N3CCC(Oc5ccc(Cl)cc5)CC3)CCO4)cc2[nH]1. The number of aromatic amines is 1. The van der Waals surface area contributed by atoms with Gasteiger partial charge in [0.25, 0.3) is 0 Å². The fourth-order valence-corrected chi connectivity index (χ4v) is 5.56. The Morgan fingerprint density at radius 3 is 2.58 bits per heavy atom. The van der Waals surface area contributed by atoms with Gasteiger partial charge in [-0.2, -0.15) is 0 Å². The van der Waals surface area contributed by atoms with Gasteiger partial charge in [0.05, 0.1) is 24.1 Å². The molecule has 8 heteroatoms. The zero-order chi connectivity index (χ0) is 26.2. The van der Waals surface area contributed by atoms with Gasteiger partial charge in [-0.05, 0) is 79.1 Å². The van der Waals surface area contributed by atoms with Crippen LogP contribution in [0.3, 0.4) is 0 Å². The van der Waals surface area contributed by atoms with Gasteiger partial charge in [-0.15, -0.1) is 0 Å². The predicted molar refractivity (Wildman–Crippen MR) is 149 cm³/mol. The lowest BCUT2D eigenvalue weighted by molar-refractivity contribution is 0.0923. The average Bonchev–Trinajstić information content (AvgIpc) is 3.15. The summed E-state index contributed by atoms with van der Waals surface area (Å²) in [6.45, 7) is 6.94. The summed E-state index contributed by atoms with van der Waals surface area (Å²) in [5.74, 6) is 2.60. The van der Waals surface area contributed by atoms with Crippen LogP contribution in [0.2, 0.25) is 5.02 Å². The minimum absolute atomic E-state index is 0.0591. The zero-order valence-electron chi connectivity index (χ0n) is 21.7. The molecule has 0 saturated carbocycles. The smallest absolute Gasteiger partial charge is 0.320 e. The number of ether oxygens (including phenoxy) is 2. The number of likely N-dealkylation sites (tertiary alicyclic amines) is 1. The number of urea groups is 1. The number of hydrogen-bond donors (Lipinski definition) is 1. The van der Waals surface area contributed by atoms with Gasteiger partial charge in [0.1, 0.15) is 30.0 Å². The first-order valence-corrected chi connectivity index (χ1v) is 13.5. The number of fused-ring (bicyclic) bond motifs is 2. The van der Waals surface area contributed by atoms with Crippen LogP contribution in [0, 0.1) is 13.8 Å². The molecule has 0 atom stereocenters. The second kappa shape index (κ2) is 10.2. The van der Waals surface area contributed by atoms with Crippen molar-refractivity contribution < 1.29 is 14.3 Å². The minimum Gasteiger partial charge on any atom is -0.491 e. The molecule has 0 aliphatic carbocycles. The molecule has 196 valence electrons. The number of imidazole rings is 1. The average molecular weight is 531 g/mol. The van der Waals surface area contributed by atoms with Gasteiger partial charge in [-0.25, -0.2) is 9.78 Å². The van der Waals surface area contributed by atoms with Crippen LogP contribution in [0.15, 0.2) is 54.6 Å². The van der Waals surface area contributed by atoms with E-state index in [1.807, 2.05) is 47.1 Å². The van der Waals surface area contributed by atoms with Gasteiger partial charge in [0.15, 0.2) is 0 Å². The Labute approximate surface area is 227 Å². The normalized spacial score (nSPS) is 16.2. The molecule has 3 aromatic carbocycles. The van der Waals surface area contributed by atoms with Crippen molar-refractivity contribution in [1.29, 1.82) is 0 Å². The van der Waals surface area contributed by atoms with E-state index in [2.05, 4.69) is 41.2 Å². The number of rotatable bonds is 3. The largest absolute Gasteiger partial charge is 0.491 e. The minimum atomic E-state index is 0.0591. The second-order valence-electron chi connectivity index (χ2n) is 10.1. The quantitative estimate of drug-likeness (QED) is 0.334. The predicted octanol–water partition coefficient (Wildman–Crippen LogP) is 6.36. The molecule has 3 heterocycles. The highest BCUT2D eigenvalue weighted by Gasteiger charge is 2.29. The lowest BCUT2D eigenvalue weighted by atomic mass is 9.98. The zero-order valence-corrected chi connectivity index (χ0v) is 22.4. The van der Waals surface area contributed by atoms with E-state index in [-0.39, 0.29) is 12.1 Å². The number of H-pyrrole nitrogens is 1. The van der Waals surface area contributed by atoms with Crippen LogP contribution in [-0.4, -0.2) is 58.1 Å². The third-order valence-electron chi connectivity index (χ3n) is 7.35. The first-order valence-electron chi connectivity index (χ1n) is 13.1. The number of hydrogen-bond acceptors (Lipinski definition) is 4. The molecule has 1 N–H and O–H groups in total. The summed E-state index contributed by atoms with van der Waals surface area (Å²) >= 11 is 5.98. The number of aromatic nitrogens is 2. The molecule has 1 aromatic heterocycles. The summed E-state index contributed by atoms with van der Waals surface area (Å²) < 4.78 is 12.3. The molecule has 38 heavy (non-hydrogen) atoms. The van der Waals surface area contributed by atoms with Gasteiger partial charge >= 0.3 is 6.03 Å². The third kappa shape index (κ3) is 5.03. The molecule has 1 fully saturated rings. The second-order valence-corrected chi connectivity index (χ2v) is 10.6. The Kier molecular flexibility index (Phi) is 6.62. The fourth-order valence-electron chi connectivity index (χ4n) is 5.43. The lowest BCUT2D eigenvalue weighted by Gasteiger charge is -2.35. The van der Waals surface area contributed by atoms with Gasteiger partial charge in [0.2, 0.25) is 0 Å². The Balaban J connectivity index is 1.15. The molecule has 6 rings (SSSR count). The summed E-state index contributed by atoms with van der Waals surface area (Å²) in [4.78, 5) is 25.2.